The summed E-state index contributed by atoms with van der Waals surface area (Å²) >= 11 is 1.11. The summed E-state index contributed by atoms with van der Waals surface area (Å²) in [5, 5.41) is 4.92. The van der Waals surface area contributed by atoms with Crippen molar-refractivity contribution in [3.8, 4) is 0 Å². The number of para-hydroxylation sites is 1. The van der Waals surface area contributed by atoms with Gasteiger partial charge in [0.25, 0.3) is 5.91 Å². The molecule has 1 aromatic carbocycles. The Hall–Kier alpha value is -3.51. The van der Waals surface area contributed by atoms with E-state index in [2.05, 4.69) is 29.6 Å². The smallest absolute Gasteiger partial charge is 0.382 e. The number of aromatic nitrogens is 5. The van der Waals surface area contributed by atoms with Crippen LogP contribution in [0.5, 0.6) is 0 Å². The number of carbonyl (C=O) groups excluding carboxylic acids is 1. The van der Waals surface area contributed by atoms with Crippen molar-refractivity contribution in [1.29, 1.82) is 0 Å². The maximum Gasteiger partial charge on any atom is 0.481 e. The summed E-state index contributed by atoms with van der Waals surface area (Å²) in [6.07, 6.45) is -5.61. The number of nitrogens with two attached hydrogens (primary N) is 2. The van der Waals surface area contributed by atoms with E-state index in [1.54, 1.807) is 32.3 Å². The molecule has 0 radical (unpaired) electrons. The molecule has 10 atom stereocenters. The molecule has 7 heterocycles. The molecule has 3 aromatic heterocycles. The first kappa shape index (κ1) is 39.3. The standard InChI is InChI=1S/C31H38N8O14P2S/c1-30(2)49-19-16(47-22(21(19)51-30)27-36-15(12-56-27)25(33)40)10-45-54(41,42)53-55(43,44)46-11-17-20-23(52-31(3,4)50-20)28(48-17)39-13-34-18-24(32)37-29(38-26(18)39)35-14-8-6-5-7-9-14/h5-9,12-13,16-17,19-23,28H,10-11H2,1-4H3,(H2,33,40)(H,41,42)(H,43,44)(H3,32,35,37,38)/t16-,17-,19-,20-,21-,22-,23-,28-/m1/s1. The zero-order valence-electron chi connectivity index (χ0n) is 30.1. The molecule has 4 aromatic rings. The zero-order valence-corrected chi connectivity index (χ0v) is 32.7. The van der Waals surface area contributed by atoms with E-state index in [0.717, 1.165) is 17.0 Å². The van der Waals surface area contributed by atoms with Crippen LogP contribution in [0.3, 0.4) is 0 Å². The minimum absolute atomic E-state index is 0.0281. The molecule has 22 nitrogen and oxygen atoms in total. The van der Waals surface area contributed by atoms with E-state index in [0.29, 0.717) is 16.2 Å². The molecular weight excluding hydrogens is 802 g/mol. The Morgan fingerprint density at radius 2 is 1.52 bits per heavy atom. The third-order valence-corrected chi connectivity index (χ3v) is 12.6. The predicted octanol–water partition coefficient (Wildman–Crippen LogP) is 3.04. The molecule has 0 bridgehead atoms. The average Bonchev–Trinajstić information content (AvgIpc) is 3.95. The molecule has 0 aliphatic carbocycles. The number of anilines is 3. The number of phosphoric ester groups is 2. The average molecular weight is 841 g/mol. The van der Waals surface area contributed by atoms with Gasteiger partial charge in [0.15, 0.2) is 29.3 Å². The molecule has 4 fully saturated rings. The molecule has 302 valence electrons. The van der Waals surface area contributed by atoms with Gasteiger partial charge in [-0.15, -0.1) is 11.3 Å². The van der Waals surface area contributed by atoms with Crippen molar-refractivity contribution in [2.24, 2.45) is 5.73 Å². The lowest BCUT2D eigenvalue weighted by Crippen LogP contribution is -2.33. The number of ether oxygens (including phenoxy) is 6. The van der Waals surface area contributed by atoms with Crippen LogP contribution in [0.15, 0.2) is 42.0 Å². The Morgan fingerprint density at radius 1 is 0.911 bits per heavy atom. The Bertz CT molecular complexity index is 2230. The van der Waals surface area contributed by atoms with Gasteiger partial charge in [-0.2, -0.15) is 14.3 Å². The summed E-state index contributed by atoms with van der Waals surface area (Å²) in [5.41, 5.74) is 12.9. The van der Waals surface area contributed by atoms with Gasteiger partial charge in [-0.1, -0.05) is 18.2 Å². The van der Waals surface area contributed by atoms with Crippen molar-refractivity contribution in [1.82, 2.24) is 24.5 Å². The third-order valence-electron chi connectivity index (χ3n) is 9.06. The van der Waals surface area contributed by atoms with Crippen LogP contribution in [0.25, 0.3) is 11.2 Å². The number of carbonyl (C=O) groups is 1. The van der Waals surface area contributed by atoms with E-state index < -0.39 is 95.3 Å². The number of nitrogens with one attached hydrogen (secondary N) is 1. The van der Waals surface area contributed by atoms with E-state index in [9.17, 15) is 23.7 Å². The second-order valence-electron chi connectivity index (χ2n) is 14.1. The predicted molar refractivity (Wildman–Crippen MR) is 192 cm³/mol. The lowest BCUT2D eigenvalue weighted by molar-refractivity contribution is -0.199. The summed E-state index contributed by atoms with van der Waals surface area (Å²) in [6.45, 7) is 5.43. The number of benzene rings is 1. The molecule has 0 spiro atoms. The largest absolute Gasteiger partial charge is 0.481 e. The number of fused-ring (bicyclic) bond motifs is 3. The second kappa shape index (κ2) is 14.4. The number of nitrogens with zero attached hydrogens (tertiary/aromatic N) is 5. The summed E-state index contributed by atoms with van der Waals surface area (Å²) < 4.78 is 79.0. The van der Waals surface area contributed by atoms with Crippen molar-refractivity contribution in [3.63, 3.8) is 0 Å². The second-order valence-corrected chi connectivity index (χ2v) is 18.0. The highest BCUT2D eigenvalue weighted by Crippen LogP contribution is 2.61. The van der Waals surface area contributed by atoms with Gasteiger partial charge >= 0.3 is 15.6 Å². The van der Waals surface area contributed by atoms with Gasteiger partial charge in [0, 0.05) is 11.1 Å². The molecule has 56 heavy (non-hydrogen) atoms. The Balaban J connectivity index is 0.930. The maximum absolute atomic E-state index is 13.1. The number of thiazole rings is 1. The summed E-state index contributed by atoms with van der Waals surface area (Å²) in [7, 11) is -10.6. The summed E-state index contributed by atoms with van der Waals surface area (Å²) in [4.78, 5) is 50.2. The molecule has 7 N–H and O–H groups in total. The number of amides is 1. The quantitative estimate of drug-likeness (QED) is 0.121. The highest BCUT2D eigenvalue weighted by atomic mass is 32.1. The molecular formula is C31H38N8O14P2S. The van der Waals surface area contributed by atoms with Crippen LogP contribution in [0.1, 0.15) is 55.5 Å². The van der Waals surface area contributed by atoms with E-state index in [-0.39, 0.29) is 17.5 Å². The van der Waals surface area contributed by atoms with Crippen LogP contribution < -0.4 is 16.8 Å². The number of hydrogen-bond acceptors (Lipinski definition) is 19. The van der Waals surface area contributed by atoms with Gasteiger partial charge in [-0.25, -0.2) is 19.1 Å². The van der Waals surface area contributed by atoms with Gasteiger partial charge in [0.05, 0.1) is 19.5 Å². The number of rotatable bonds is 13. The van der Waals surface area contributed by atoms with Crippen molar-refractivity contribution in [2.75, 3.05) is 24.3 Å². The molecule has 25 heteroatoms. The minimum Gasteiger partial charge on any atom is -0.382 e. The molecule has 4 saturated heterocycles. The fourth-order valence-electron chi connectivity index (χ4n) is 6.91. The van der Waals surface area contributed by atoms with Crippen molar-refractivity contribution in [3.05, 3.63) is 52.7 Å². The van der Waals surface area contributed by atoms with Crippen molar-refractivity contribution in [2.45, 2.75) is 88.2 Å². The molecule has 4 aliphatic heterocycles. The summed E-state index contributed by atoms with van der Waals surface area (Å²) in [6, 6.07) is 9.21. The van der Waals surface area contributed by atoms with Crippen LogP contribution in [-0.4, -0.2) is 102 Å². The molecule has 0 saturated carbocycles. The Morgan fingerprint density at radius 3 is 2.16 bits per heavy atom. The molecule has 1 amide bonds. The number of phosphoric acid groups is 2. The van der Waals surface area contributed by atoms with Crippen LogP contribution in [-0.2, 0) is 50.9 Å². The van der Waals surface area contributed by atoms with Crippen molar-refractivity contribution >= 4 is 61.5 Å². The van der Waals surface area contributed by atoms with E-state index in [1.807, 2.05) is 30.3 Å². The highest BCUT2D eigenvalue weighted by Gasteiger charge is 2.58. The van der Waals surface area contributed by atoms with Gasteiger partial charge in [-0.05, 0) is 39.8 Å². The van der Waals surface area contributed by atoms with E-state index in [4.69, 9.17) is 48.9 Å². The normalized spacial score (nSPS) is 31.2. The summed E-state index contributed by atoms with van der Waals surface area (Å²) in [5.74, 6) is -2.59. The first-order valence-electron chi connectivity index (χ1n) is 17.1. The van der Waals surface area contributed by atoms with Crippen LogP contribution in [0.2, 0.25) is 0 Å². The van der Waals surface area contributed by atoms with E-state index >= 15 is 0 Å². The molecule has 2 unspecified atom stereocenters. The van der Waals surface area contributed by atoms with Gasteiger partial charge in [-0.3, -0.25) is 18.4 Å². The van der Waals surface area contributed by atoms with Crippen LogP contribution >= 0.6 is 27.0 Å². The minimum atomic E-state index is -5.30. The van der Waals surface area contributed by atoms with Crippen molar-refractivity contribution < 1.29 is 65.5 Å². The van der Waals surface area contributed by atoms with Crippen LogP contribution in [0, 0.1) is 0 Å². The number of hydrogen-bond donors (Lipinski definition) is 5. The molecule has 8 rings (SSSR count). The topological polar surface area (TPSA) is 295 Å². The number of imidazole rings is 1. The first-order valence-corrected chi connectivity index (χ1v) is 21.0. The van der Waals surface area contributed by atoms with Crippen LogP contribution in [0.4, 0.5) is 17.5 Å². The monoisotopic (exact) mass is 840 g/mol. The van der Waals surface area contributed by atoms with Gasteiger partial charge in [0.2, 0.25) is 5.95 Å². The number of primary amides is 1. The zero-order chi connectivity index (χ0) is 39.8. The number of nitrogen functional groups attached to an aromatic ring is 1. The van der Waals surface area contributed by atoms with Gasteiger partial charge < -0.3 is 55.0 Å². The highest BCUT2D eigenvalue weighted by molar-refractivity contribution is 7.61. The third kappa shape index (κ3) is 7.98. The fourth-order valence-corrected chi connectivity index (χ4v) is 9.87. The Kier molecular flexibility index (Phi) is 10.1. The lowest BCUT2D eigenvalue weighted by Gasteiger charge is -2.25. The van der Waals surface area contributed by atoms with E-state index in [1.165, 1.54) is 11.7 Å². The molecule has 4 aliphatic rings. The first-order chi connectivity index (χ1) is 26.4. The maximum atomic E-state index is 13.1. The lowest BCUT2D eigenvalue weighted by atomic mass is 10.1. The fraction of sp³-hybridized carbons (Fsp3) is 0.516. The van der Waals surface area contributed by atoms with Gasteiger partial charge in [0.1, 0.15) is 58.9 Å². The SMILES string of the molecule is CC1(C)O[C@@H]2[C@H](O1)[C@@H](COP(=O)(O)OP(=O)(O)OC[C@H]1O[C@@H](c3nc(C(N)=O)cs3)[C@@H]3OC(C)(C)O[C@@H]31)O[C@H]2n1cnc2c(N)nc(Nc3ccccc3)nc21. The Labute approximate surface area is 321 Å².